The maximum atomic E-state index is 12.3. The molecular formula is C25H20O6. The van der Waals surface area contributed by atoms with Gasteiger partial charge in [-0.3, -0.25) is 0 Å². The smallest absolute Gasteiger partial charge is 0.341 e. The zero-order valence-corrected chi connectivity index (χ0v) is 17.0. The van der Waals surface area contributed by atoms with Crippen LogP contribution in [0, 0.1) is 0 Å². The summed E-state index contributed by atoms with van der Waals surface area (Å²) in [6.45, 7) is 0. The average molecular weight is 416 g/mol. The number of benzene rings is 4. The summed E-state index contributed by atoms with van der Waals surface area (Å²) in [4.78, 5) is 24.5. The first-order valence-electron chi connectivity index (χ1n) is 9.60. The largest absolute Gasteiger partial charge is 0.507 e. The highest BCUT2D eigenvalue weighted by molar-refractivity contribution is 6.03. The third kappa shape index (κ3) is 3.42. The molecule has 0 atom stereocenters. The van der Waals surface area contributed by atoms with Gasteiger partial charge in [-0.1, -0.05) is 48.5 Å². The lowest BCUT2D eigenvalue weighted by molar-refractivity contribution is 0.0588. The molecule has 0 bridgehead atoms. The van der Waals surface area contributed by atoms with Crippen molar-refractivity contribution in [2.24, 2.45) is 0 Å². The van der Waals surface area contributed by atoms with Crippen LogP contribution in [0.4, 0.5) is 0 Å². The van der Waals surface area contributed by atoms with E-state index in [0.717, 1.165) is 21.5 Å². The second-order valence-electron chi connectivity index (χ2n) is 7.10. The van der Waals surface area contributed by atoms with E-state index < -0.39 is 11.9 Å². The Morgan fingerprint density at radius 2 is 1.10 bits per heavy atom. The summed E-state index contributed by atoms with van der Waals surface area (Å²) in [5.41, 5.74) is 0.954. The van der Waals surface area contributed by atoms with Gasteiger partial charge in [-0.25, -0.2) is 9.59 Å². The minimum Gasteiger partial charge on any atom is -0.507 e. The molecule has 0 aliphatic carbocycles. The van der Waals surface area contributed by atoms with Gasteiger partial charge in [0.2, 0.25) is 0 Å². The third-order valence-corrected chi connectivity index (χ3v) is 5.42. The predicted molar refractivity (Wildman–Crippen MR) is 117 cm³/mol. The first-order chi connectivity index (χ1) is 15.0. The number of esters is 2. The lowest BCUT2D eigenvalue weighted by Crippen LogP contribution is -2.06. The summed E-state index contributed by atoms with van der Waals surface area (Å²) >= 11 is 0. The van der Waals surface area contributed by atoms with Crippen molar-refractivity contribution in [3.8, 4) is 11.5 Å². The molecule has 4 rings (SSSR count). The molecule has 0 saturated carbocycles. The minimum absolute atomic E-state index is 0.0316. The molecule has 0 saturated heterocycles. The Morgan fingerprint density at radius 1 is 0.710 bits per heavy atom. The van der Waals surface area contributed by atoms with E-state index in [1.807, 2.05) is 48.5 Å². The second-order valence-corrected chi connectivity index (χ2v) is 7.10. The summed E-state index contributed by atoms with van der Waals surface area (Å²) in [6, 6.07) is 17.8. The van der Waals surface area contributed by atoms with Crippen LogP contribution >= 0.6 is 0 Å². The van der Waals surface area contributed by atoms with E-state index in [4.69, 9.17) is 9.47 Å². The predicted octanol–water partition coefficient (Wildman–Crippen LogP) is 4.57. The Balaban J connectivity index is 2.02. The Kier molecular flexibility index (Phi) is 5.21. The van der Waals surface area contributed by atoms with Gasteiger partial charge in [0.25, 0.3) is 0 Å². The number of phenolic OH excluding ortho intramolecular Hbond substituents is 2. The molecule has 0 unspecified atom stereocenters. The highest BCUT2D eigenvalue weighted by atomic mass is 16.5. The van der Waals surface area contributed by atoms with Crippen molar-refractivity contribution in [3.05, 3.63) is 82.9 Å². The highest BCUT2D eigenvalue weighted by Gasteiger charge is 2.23. The second kappa shape index (κ2) is 7.99. The molecular weight excluding hydrogens is 396 g/mol. The lowest BCUT2D eigenvalue weighted by atomic mass is 9.90. The van der Waals surface area contributed by atoms with Crippen molar-refractivity contribution in [1.29, 1.82) is 0 Å². The topological polar surface area (TPSA) is 93.1 Å². The standard InChI is InChI=1S/C25H20O6/c1-30-24(28)20-11-14-7-3-5-9-16(14)18(22(20)26)13-19-17-10-6-4-8-15(17)12-21(23(19)27)25(29)31-2/h3-12,26-27H,13H2,1-2H3. The fourth-order valence-corrected chi connectivity index (χ4v) is 3.89. The van der Waals surface area contributed by atoms with E-state index in [1.54, 1.807) is 12.1 Å². The first kappa shape index (κ1) is 20.2. The summed E-state index contributed by atoms with van der Waals surface area (Å²) < 4.78 is 9.64. The molecule has 0 spiro atoms. The van der Waals surface area contributed by atoms with E-state index in [9.17, 15) is 19.8 Å². The summed E-state index contributed by atoms with van der Waals surface area (Å²) in [6.07, 6.45) is 0.0777. The van der Waals surface area contributed by atoms with E-state index in [0.29, 0.717) is 11.1 Å². The maximum absolute atomic E-state index is 12.3. The van der Waals surface area contributed by atoms with E-state index >= 15 is 0 Å². The molecule has 0 aromatic heterocycles. The molecule has 6 nitrogen and oxygen atoms in total. The van der Waals surface area contributed by atoms with Crippen molar-refractivity contribution in [1.82, 2.24) is 0 Å². The van der Waals surface area contributed by atoms with Gasteiger partial charge < -0.3 is 19.7 Å². The average Bonchev–Trinajstić information content (AvgIpc) is 2.80. The molecule has 4 aromatic carbocycles. The molecule has 156 valence electrons. The van der Waals surface area contributed by atoms with Crippen LogP contribution in [-0.4, -0.2) is 36.4 Å². The van der Waals surface area contributed by atoms with E-state index in [2.05, 4.69) is 0 Å². The number of rotatable bonds is 4. The number of hydrogen-bond acceptors (Lipinski definition) is 6. The fourth-order valence-electron chi connectivity index (χ4n) is 3.89. The summed E-state index contributed by atoms with van der Waals surface area (Å²) in [5, 5.41) is 24.8. The van der Waals surface area contributed by atoms with E-state index in [1.165, 1.54) is 14.2 Å². The normalized spacial score (nSPS) is 10.9. The van der Waals surface area contributed by atoms with Gasteiger partial charge in [0.05, 0.1) is 14.2 Å². The summed E-state index contributed by atoms with van der Waals surface area (Å²) in [5.74, 6) is -1.78. The number of aromatic hydroxyl groups is 2. The van der Waals surface area contributed by atoms with Gasteiger partial charge in [0.1, 0.15) is 22.6 Å². The van der Waals surface area contributed by atoms with Crippen LogP contribution in [0.25, 0.3) is 21.5 Å². The molecule has 6 heteroatoms. The van der Waals surface area contributed by atoms with Crippen molar-refractivity contribution in [2.75, 3.05) is 14.2 Å². The van der Waals surface area contributed by atoms with Crippen LogP contribution in [0.5, 0.6) is 11.5 Å². The zero-order valence-electron chi connectivity index (χ0n) is 17.0. The quantitative estimate of drug-likeness (QED) is 0.474. The molecule has 31 heavy (non-hydrogen) atoms. The van der Waals surface area contributed by atoms with Crippen LogP contribution in [0.3, 0.4) is 0 Å². The Morgan fingerprint density at radius 3 is 1.48 bits per heavy atom. The Labute approximate surface area is 178 Å². The van der Waals surface area contributed by atoms with Gasteiger partial charge in [0.15, 0.2) is 0 Å². The number of carbonyl (C=O) groups excluding carboxylic acids is 2. The van der Waals surface area contributed by atoms with Gasteiger partial charge in [-0.15, -0.1) is 0 Å². The summed E-state index contributed by atoms with van der Waals surface area (Å²) in [7, 11) is 2.49. The third-order valence-electron chi connectivity index (χ3n) is 5.42. The molecule has 0 fully saturated rings. The molecule has 0 aliphatic heterocycles. The van der Waals surface area contributed by atoms with Gasteiger partial charge >= 0.3 is 11.9 Å². The number of carbonyl (C=O) groups is 2. The van der Waals surface area contributed by atoms with Gasteiger partial charge in [-0.2, -0.15) is 0 Å². The van der Waals surface area contributed by atoms with Crippen molar-refractivity contribution < 1.29 is 29.3 Å². The monoisotopic (exact) mass is 416 g/mol. The Bertz CT molecular complexity index is 1240. The van der Waals surface area contributed by atoms with Crippen LogP contribution in [-0.2, 0) is 15.9 Å². The number of methoxy groups -OCH3 is 2. The van der Waals surface area contributed by atoms with Crippen LogP contribution < -0.4 is 0 Å². The van der Waals surface area contributed by atoms with Crippen LogP contribution in [0.1, 0.15) is 31.8 Å². The van der Waals surface area contributed by atoms with Crippen molar-refractivity contribution in [2.45, 2.75) is 6.42 Å². The minimum atomic E-state index is -0.665. The molecule has 0 radical (unpaired) electrons. The molecule has 0 heterocycles. The molecule has 0 aliphatic rings. The van der Waals surface area contributed by atoms with Crippen molar-refractivity contribution in [3.63, 3.8) is 0 Å². The van der Waals surface area contributed by atoms with Crippen LogP contribution in [0.15, 0.2) is 60.7 Å². The fraction of sp³-hybridized carbons (Fsp3) is 0.120. The van der Waals surface area contributed by atoms with Crippen LogP contribution in [0.2, 0.25) is 0 Å². The van der Waals surface area contributed by atoms with Crippen molar-refractivity contribution >= 4 is 33.5 Å². The molecule has 2 N–H and O–H groups in total. The highest BCUT2D eigenvalue weighted by Crippen LogP contribution is 2.39. The number of ether oxygens (including phenoxy) is 2. The number of hydrogen-bond donors (Lipinski definition) is 2. The van der Waals surface area contributed by atoms with E-state index in [-0.39, 0.29) is 29.0 Å². The SMILES string of the molecule is COC(=O)c1cc2ccccc2c(Cc2c(O)c(C(=O)OC)cc3ccccc23)c1O. The lowest BCUT2D eigenvalue weighted by Gasteiger charge is -2.16. The molecule has 4 aromatic rings. The molecule has 0 amide bonds. The van der Waals surface area contributed by atoms with Gasteiger partial charge in [-0.05, 0) is 33.7 Å². The van der Waals surface area contributed by atoms with Gasteiger partial charge in [0, 0.05) is 17.5 Å². The number of phenols is 2. The maximum Gasteiger partial charge on any atom is 0.341 e. The zero-order chi connectivity index (χ0) is 22.1. The first-order valence-corrected chi connectivity index (χ1v) is 9.60. The number of fused-ring (bicyclic) bond motifs is 2. The Hall–Kier alpha value is -4.06.